The maximum absolute atomic E-state index is 6.01. The Balaban J connectivity index is 2.34. The van der Waals surface area contributed by atoms with E-state index in [-0.39, 0.29) is 5.60 Å². The number of ether oxygens (including phenoxy) is 3. The van der Waals surface area contributed by atoms with Crippen LogP contribution < -0.4 is 14.2 Å². The van der Waals surface area contributed by atoms with E-state index in [9.17, 15) is 0 Å². The molecule has 0 saturated heterocycles. The lowest BCUT2D eigenvalue weighted by molar-refractivity contribution is 0.157. The van der Waals surface area contributed by atoms with Crippen LogP contribution in [0.2, 0.25) is 0 Å². The summed E-state index contributed by atoms with van der Waals surface area (Å²) in [5, 5.41) is 0. The lowest BCUT2D eigenvalue weighted by Crippen LogP contribution is -2.27. The van der Waals surface area contributed by atoms with Crippen molar-refractivity contribution in [2.75, 3.05) is 13.2 Å². The van der Waals surface area contributed by atoms with Gasteiger partial charge in [-0.05, 0) is 38.8 Å². The molecule has 110 valence electrons. The van der Waals surface area contributed by atoms with Gasteiger partial charge in [-0.25, -0.2) is 0 Å². The molecule has 0 spiro atoms. The summed E-state index contributed by atoms with van der Waals surface area (Å²) in [5.41, 5.74) is 0.708. The van der Waals surface area contributed by atoms with E-state index in [2.05, 4.69) is 26.0 Å². The van der Waals surface area contributed by atoms with Crippen LogP contribution in [0.4, 0.5) is 0 Å². The van der Waals surface area contributed by atoms with E-state index in [0.717, 1.165) is 35.7 Å². The highest BCUT2D eigenvalue weighted by atomic mass is 16.5. The number of rotatable bonds is 6. The Hall–Kier alpha value is -1.64. The van der Waals surface area contributed by atoms with Gasteiger partial charge in [-0.15, -0.1) is 0 Å². The van der Waals surface area contributed by atoms with Crippen LogP contribution in [0.25, 0.3) is 6.08 Å². The Morgan fingerprint density at radius 3 is 2.45 bits per heavy atom. The fraction of sp³-hybridized carbons (Fsp3) is 0.529. The molecule has 1 heterocycles. The predicted octanol–water partition coefficient (Wildman–Crippen LogP) is 4.45. The fourth-order valence-electron chi connectivity index (χ4n) is 2.06. The average Bonchev–Trinajstić information content (AvgIpc) is 2.41. The molecule has 3 heteroatoms. The standard InChI is InChI=1S/C17H24O3/c1-5-9-18-13-11-15(19-10-6-2)14-7-8-17(3,4)20-16(14)12-13/h7-8,11-12H,5-6,9-10H2,1-4H3. The lowest BCUT2D eigenvalue weighted by Gasteiger charge is -2.29. The third-order valence-electron chi connectivity index (χ3n) is 3.04. The van der Waals surface area contributed by atoms with Crippen LogP contribution in [0, 0.1) is 0 Å². The molecule has 3 nitrogen and oxygen atoms in total. The van der Waals surface area contributed by atoms with Crippen molar-refractivity contribution in [2.45, 2.75) is 46.1 Å². The largest absolute Gasteiger partial charge is 0.493 e. The monoisotopic (exact) mass is 276 g/mol. The zero-order valence-corrected chi connectivity index (χ0v) is 12.9. The van der Waals surface area contributed by atoms with Gasteiger partial charge in [0, 0.05) is 12.1 Å². The minimum atomic E-state index is -0.293. The summed E-state index contributed by atoms with van der Waals surface area (Å²) in [6.07, 6.45) is 6.09. The highest BCUT2D eigenvalue weighted by Crippen LogP contribution is 2.40. The highest BCUT2D eigenvalue weighted by Gasteiger charge is 2.24. The van der Waals surface area contributed by atoms with Crippen LogP contribution in [-0.4, -0.2) is 18.8 Å². The first-order chi connectivity index (χ1) is 9.55. The first-order valence-electron chi connectivity index (χ1n) is 7.37. The molecule has 0 unspecified atom stereocenters. The van der Waals surface area contributed by atoms with Crippen LogP contribution in [0.3, 0.4) is 0 Å². The number of hydrogen-bond acceptors (Lipinski definition) is 3. The third kappa shape index (κ3) is 3.47. The van der Waals surface area contributed by atoms with Gasteiger partial charge in [-0.2, -0.15) is 0 Å². The normalized spacial score (nSPS) is 15.4. The number of fused-ring (bicyclic) bond motifs is 1. The van der Waals surface area contributed by atoms with Crippen molar-refractivity contribution in [1.29, 1.82) is 0 Å². The van der Waals surface area contributed by atoms with Gasteiger partial charge in [-0.1, -0.05) is 13.8 Å². The second-order valence-corrected chi connectivity index (χ2v) is 5.57. The van der Waals surface area contributed by atoms with Gasteiger partial charge in [0.2, 0.25) is 0 Å². The van der Waals surface area contributed by atoms with E-state index in [1.165, 1.54) is 0 Å². The second kappa shape index (κ2) is 6.21. The van der Waals surface area contributed by atoms with E-state index in [1.807, 2.05) is 26.0 Å². The summed E-state index contributed by atoms with van der Waals surface area (Å²) in [4.78, 5) is 0. The van der Waals surface area contributed by atoms with E-state index in [4.69, 9.17) is 14.2 Å². The Kier molecular flexibility index (Phi) is 4.58. The molecule has 0 fully saturated rings. The summed E-state index contributed by atoms with van der Waals surface area (Å²) >= 11 is 0. The molecule has 1 aromatic rings. The van der Waals surface area contributed by atoms with Gasteiger partial charge >= 0.3 is 0 Å². The van der Waals surface area contributed by atoms with Gasteiger partial charge in [0.15, 0.2) is 0 Å². The molecule has 0 aliphatic carbocycles. The molecule has 0 amide bonds. The maximum atomic E-state index is 6.01. The van der Waals surface area contributed by atoms with Crippen LogP contribution in [0.5, 0.6) is 17.2 Å². The Morgan fingerprint density at radius 2 is 1.75 bits per heavy atom. The van der Waals surface area contributed by atoms with E-state index in [0.29, 0.717) is 13.2 Å². The van der Waals surface area contributed by atoms with Crippen molar-refractivity contribution in [1.82, 2.24) is 0 Å². The molecular formula is C17H24O3. The smallest absolute Gasteiger partial charge is 0.135 e. The number of hydrogen-bond donors (Lipinski definition) is 0. The van der Waals surface area contributed by atoms with Gasteiger partial charge in [-0.3, -0.25) is 0 Å². The Morgan fingerprint density at radius 1 is 1.05 bits per heavy atom. The molecule has 2 rings (SSSR count). The van der Waals surface area contributed by atoms with E-state index >= 15 is 0 Å². The second-order valence-electron chi connectivity index (χ2n) is 5.57. The highest BCUT2D eigenvalue weighted by molar-refractivity contribution is 5.69. The number of benzene rings is 1. The minimum Gasteiger partial charge on any atom is -0.493 e. The molecule has 1 aliphatic heterocycles. The average molecular weight is 276 g/mol. The van der Waals surface area contributed by atoms with Crippen molar-refractivity contribution in [3.05, 3.63) is 23.8 Å². The van der Waals surface area contributed by atoms with Gasteiger partial charge < -0.3 is 14.2 Å². The van der Waals surface area contributed by atoms with Crippen molar-refractivity contribution < 1.29 is 14.2 Å². The van der Waals surface area contributed by atoms with Crippen LogP contribution in [0.15, 0.2) is 18.2 Å². The van der Waals surface area contributed by atoms with E-state index in [1.54, 1.807) is 0 Å². The minimum absolute atomic E-state index is 0.293. The van der Waals surface area contributed by atoms with Gasteiger partial charge in [0.05, 0.1) is 18.8 Å². The topological polar surface area (TPSA) is 27.7 Å². The first-order valence-corrected chi connectivity index (χ1v) is 7.37. The molecule has 1 aromatic carbocycles. The Labute approximate surface area is 121 Å². The van der Waals surface area contributed by atoms with Crippen LogP contribution >= 0.6 is 0 Å². The third-order valence-corrected chi connectivity index (χ3v) is 3.04. The zero-order chi connectivity index (χ0) is 14.6. The summed E-state index contributed by atoms with van der Waals surface area (Å²) in [5.74, 6) is 2.47. The molecule has 0 radical (unpaired) electrons. The van der Waals surface area contributed by atoms with Crippen LogP contribution in [-0.2, 0) is 0 Å². The van der Waals surface area contributed by atoms with Gasteiger partial charge in [0.25, 0.3) is 0 Å². The molecule has 1 aliphatic rings. The van der Waals surface area contributed by atoms with Crippen molar-refractivity contribution in [2.24, 2.45) is 0 Å². The summed E-state index contributed by atoms with van der Waals surface area (Å²) < 4.78 is 17.6. The Bertz CT molecular complexity index is 489. The van der Waals surface area contributed by atoms with Crippen LogP contribution in [0.1, 0.15) is 46.1 Å². The first kappa shape index (κ1) is 14.8. The SMILES string of the molecule is CCCOc1cc(OCCC)c2c(c1)OC(C)(C)C=C2. The van der Waals surface area contributed by atoms with E-state index < -0.39 is 0 Å². The molecule has 0 atom stereocenters. The maximum Gasteiger partial charge on any atom is 0.135 e. The lowest BCUT2D eigenvalue weighted by atomic mass is 10.0. The molecule has 20 heavy (non-hydrogen) atoms. The molecule has 0 saturated carbocycles. The quantitative estimate of drug-likeness (QED) is 0.768. The summed E-state index contributed by atoms with van der Waals surface area (Å²) in [6, 6.07) is 3.91. The molecular weight excluding hydrogens is 252 g/mol. The van der Waals surface area contributed by atoms with Crippen molar-refractivity contribution >= 4 is 6.08 Å². The van der Waals surface area contributed by atoms with Crippen molar-refractivity contribution in [3.63, 3.8) is 0 Å². The van der Waals surface area contributed by atoms with Crippen molar-refractivity contribution in [3.8, 4) is 17.2 Å². The summed E-state index contributed by atoms with van der Waals surface area (Å²) in [7, 11) is 0. The fourth-order valence-corrected chi connectivity index (χ4v) is 2.06. The van der Waals surface area contributed by atoms with Gasteiger partial charge in [0.1, 0.15) is 22.8 Å². The molecule has 0 bridgehead atoms. The predicted molar refractivity (Wildman–Crippen MR) is 81.8 cm³/mol. The molecule has 0 N–H and O–H groups in total. The zero-order valence-electron chi connectivity index (χ0n) is 12.9. The summed E-state index contributed by atoms with van der Waals surface area (Å²) in [6.45, 7) is 9.66. The molecule has 0 aromatic heterocycles.